The Morgan fingerprint density at radius 2 is 1.55 bits per heavy atom. The molecular weight excluding hydrogens is 250 g/mol. The second kappa shape index (κ2) is 11.8. The Balaban J connectivity index is 1.81. The van der Waals surface area contributed by atoms with Crippen LogP contribution in [0.4, 0.5) is 0 Å². The third-order valence-electron chi connectivity index (χ3n) is 3.75. The number of aromatic nitrogens is 4. The molecule has 0 fully saturated rings. The van der Waals surface area contributed by atoms with E-state index in [2.05, 4.69) is 39.8 Å². The normalized spacial score (nSPS) is 12.7. The van der Waals surface area contributed by atoms with E-state index in [0.29, 0.717) is 0 Å². The summed E-state index contributed by atoms with van der Waals surface area (Å²) in [4.78, 5) is 0. The van der Waals surface area contributed by atoms with E-state index in [1.807, 2.05) is 0 Å². The van der Waals surface area contributed by atoms with Gasteiger partial charge in [0.25, 0.3) is 0 Å². The lowest BCUT2D eigenvalue weighted by Gasteiger charge is -2.09. The van der Waals surface area contributed by atoms with Crippen molar-refractivity contribution < 1.29 is 0 Å². The van der Waals surface area contributed by atoms with Crippen molar-refractivity contribution in [2.24, 2.45) is 0 Å². The number of nitrogens with zero attached hydrogens (tertiary/aromatic N) is 3. The Kier molecular flexibility index (Phi) is 10.1. The van der Waals surface area contributed by atoms with Gasteiger partial charge in [-0.2, -0.15) is 0 Å². The second-order valence-corrected chi connectivity index (χ2v) is 5.64. The first-order valence-corrected chi connectivity index (χ1v) is 8.31. The molecule has 0 aliphatic rings. The van der Waals surface area contributed by atoms with Crippen molar-refractivity contribution in [3.8, 4) is 0 Å². The van der Waals surface area contributed by atoms with Crippen LogP contribution in [0.25, 0.3) is 0 Å². The fraction of sp³-hybridized carbons (Fsp3) is 0.933. The number of aromatic amines is 1. The highest BCUT2D eigenvalue weighted by Crippen LogP contribution is 2.10. The molecule has 1 atom stereocenters. The van der Waals surface area contributed by atoms with Gasteiger partial charge in [-0.3, -0.25) is 0 Å². The summed E-state index contributed by atoms with van der Waals surface area (Å²) in [5.74, 6) is 0.817. The van der Waals surface area contributed by atoms with Crippen molar-refractivity contribution in [2.45, 2.75) is 84.1 Å². The molecule has 0 aliphatic heterocycles. The SMILES string of the molecule is CCCCCCCCCCCCNC(C)c1nnn[nH]1. The summed E-state index contributed by atoms with van der Waals surface area (Å²) < 4.78 is 0. The number of hydrogen-bond acceptors (Lipinski definition) is 4. The van der Waals surface area contributed by atoms with E-state index in [1.165, 1.54) is 64.2 Å². The van der Waals surface area contributed by atoms with Gasteiger partial charge in [-0.05, 0) is 30.3 Å². The maximum absolute atomic E-state index is 3.91. The molecule has 1 heterocycles. The molecule has 5 nitrogen and oxygen atoms in total. The standard InChI is InChI=1S/C15H31N5/c1-3-4-5-6-7-8-9-10-11-12-13-16-14(2)15-17-19-20-18-15/h14,16H,3-13H2,1-2H3,(H,17,18,19,20). The first-order valence-electron chi connectivity index (χ1n) is 8.31. The van der Waals surface area contributed by atoms with E-state index in [1.54, 1.807) is 0 Å². The van der Waals surface area contributed by atoms with Gasteiger partial charge in [0.1, 0.15) is 0 Å². The fourth-order valence-corrected chi connectivity index (χ4v) is 2.38. The number of unbranched alkanes of at least 4 members (excludes halogenated alkanes) is 9. The number of H-pyrrole nitrogens is 1. The maximum atomic E-state index is 3.91. The van der Waals surface area contributed by atoms with Crippen molar-refractivity contribution in [3.63, 3.8) is 0 Å². The van der Waals surface area contributed by atoms with E-state index in [0.717, 1.165) is 12.4 Å². The van der Waals surface area contributed by atoms with Gasteiger partial charge >= 0.3 is 0 Å². The zero-order valence-corrected chi connectivity index (χ0v) is 13.2. The highest BCUT2D eigenvalue weighted by atomic mass is 15.5. The predicted octanol–water partition coefficient (Wildman–Crippen LogP) is 3.77. The molecule has 1 aromatic rings. The van der Waals surface area contributed by atoms with Gasteiger partial charge in [0.05, 0.1) is 6.04 Å². The first kappa shape index (κ1) is 17.1. The number of tetrazole rings is 1. The highest BCUT2D eigenvalue weighted by molar-refractivity contribution is 4.85. The Hall–Kier alpha value is -0.970. The van der Waals surface area contributed by atoms with E-state index < -0.39 is 0 Å². The minimum atomic E-state index is 0.212. The quantitative estimate of drug-likeness (QED) is 0.540. The van der Waals surface area contributed by atoms with Crippen LogP contribution in [-0.4, -0.2) is 27.2 Å². The Morgan fingerprint density at radius 1 is 0.950 bits per heavy atom. The molecule has 0 aromatic carbocycles. The molecule has 0 saturated heterocycles. The zero-order valence-electron chi connectivity index (χ0n) is 13.2. The average Bonchev–Trinajstić information content (AvgIpc) is 2.99. The average molecular weight is 281 g/mol. The van der Waals surface area contributed by atoms with Gasteiger partial charge in [-0.1, -0.05) is 64.7 Å². The molecule has 1 aromatic heterocycles. The largest absolute Gasteiger partial charge is 0.307 e. The molecule has 20 heavy (non-hydrogen) atoms. The highest BCUT2D eigenvalue weighted by Gasteiger charge is 2.07. The molecule has 1 unspecified atom stereocenters. The van der Waals surface area contributed by atoms with Gasteiger partial charge in [-0.15, -0.1) is 5.10 Å². The van der Waals surface area contributed by atoms with Crippen molar-refractivity contribution in [1.29, 1.82) is 0 Å². The molecule has 0 saturated carbocycles. The van der Waals surface area contributed by atoms with Crippen LogP contribution in [0, 0.1) is 0 Å². The molecule has 0 amide bonds. The van der Waals surface area contributed by atoms with Crippen molar-refractivity contribution in [2.75, 3.05) is 6.54 Å². The lowest BCUT2D eigenvalue weighted by molar-refractivity contribution is 0.506. The molecule has 0 bridgehead atoms. The molecule has 0 aliphatic carbocycles. The summed E-state index contributed by atoms with van der Waals surface area (Å²) in [7, 11) is 0. The number of hydrogen-bond donors (Lipinski definition) is 2. The maximum Gasteiger partial charge on any atom is 0.165 e. The van der Waals surface area contributed by atoms with Crippen LogP contribution in [0.1, 0.15) is 89.9 Å². The first-order chi connectivity index (χ1) is 9.84. The lowest BCUT2D eigenvalue weighted by Crippen LogP contribution is -2.20. The van der Waals surface area contributed by atoms with Gasteiger partial charge < -0.3 is 5.32 Å². The topological polar surface area (TPSA) is 66.5 Å². The van der Waals surface area contributed by atoms with Crippen LogP contribution in [0.5, 0.6) is 0 Å². The van der Waals surface area contributed by atoms with Crippen LogP contribution < -0.4 is 5.32 Å². The lowest BCUT2D eigenvalue weighted by atomic mass is 10.1. The summed E-state index contributed by atoms with van der Waals surface area (Å²) in [5, 5.41) is 17.3. The van der Waals surface area contributed by atoms with Crippen LogP contribution in [0.2, 0.25) is 0 Å². The van der Waals surface area contributed by atoms with E-state index in [4.69, 9.17) is 0 Å². The monoisotopic (exact) mass is 281 g/mol. The second-order valence-electron chi connectivity index (χ2n) is 5.64. The summed E-state index contributed by atoms with van der Waals surface area (Å²) >= 11 is 0. The molecule has 2 N–H and O–H groups in total. The third-order valence-corrected chi connectivity index (χ3v) is 3.75. The van der Waals surface area contributed by atoms with Crippen molar-refractivity contribution in [1.82, 2.24) is 25.9 Å². The van der Waals surface area contributed by atoms with E-state index in [-0.39, 0.29) is 6.04 Å². The predicted molar refractivity (Wildman–Crippen MR) is 82.4 cm³/mol. The molecule has 116 valence electrons. The van der Waals surface area contributed by atoms with Crippen LogP contribution in [-0.2, 0) is 0 Å². The Morgan fingerprint density at radius 3 is 2.10 bits per heavy atom. The molecule has 5 heteroatoms. The summed E-state index contributed by atoms with van der Waals surface area (Å²) in [6.45, 7) is 5.39. The summed E-state index contributed by atoms with van der Waals surface area (Å²) in [6.07, 6.45) is 13.8. The summed E-state index contributed by atoms with van der Waals surface area (Å²) in [5.41, 5.74) is 0. The van der Waals surface area contributed by atoms with Crippen molar-refractivity contribution in [3.05, 3.63) is 5.82 Å². The van der Waals surface area contributed by atoms with Crippen molar-refractivity contribution >= 4 is 0 Å². The Labute approximate surface area is 123 Å². The minimum absolute atomic E-state index is 0.212. The molecule has 1 rings (SSSR count). The number of nitrogens with one attached hydrogen (secondary N) is 2. The van der Waals surface area contributed by atoms with Crippen LogP contribution in [0.15, 0.2) is 0 Å². The molecule has 0 radical (unpaired) electrons. The van der Waals surface area contributed by atoms with E-state index in [9.17, 15) is 0 Å². The van der Waals surface area contributed by atoms with Crippen LogP contribution >= 0.6 is 0 Å². The number of rotatable bonds is 13. The summed E-state index contributed by atoms with van der Waals surface area (Å²) in [6, 6.07) is 0.212. The Bertz CT molecular complexity index is 299. The minimum Gasteiger partial charge on any atom is -0.307 e. The zero-order chi connectivity index (χ0) is 14.5. The smallest absolute Gasteiger partial charge is 0.165 e. The van der Waals surface area contributed by atoms with Crippen LogP contribution in [0.3, 0.4) is 0 Å². The molecule has 0 spiro atoms. The van der Waals surface area contributed by atoms with Gasteiger partial charge in [0.2, 0.25) is 0 Å². The third kappa shape index (κ3) is 8.25. The van der Waals surface area contributed by atoms with E-state index >= 15 is 0 Å². The fourth-order valence-electron chi connectivity index (χ4n) is 2.38. The van der Waals surface area contributed by atoms with Gasteiger partial charge in [0, 0.05) is 0 Å². The van der Waals surface area contributed by atoms with Gasteiger partial charge in [0.15, 0.2) is 5.82 Å². The van der Waals surface area contributed by atoms with Gasteiger partial charge in [-0.25, -0.2) is 5.10 Å². The molecular formula is C15H31N5.